The Morgan fingerprint density at radius 1 is 1.35 bits per heavy atom. The smallest absolute Gasteiger partial charge is 0.0237 e. The lowest BCUT2D eigenvalue weighted by atomic mass is 10.0. The van der Waals surface area contributed by atoms with Crippen LogP contribution in [0.15, 0.2) is 54.1 Å². The third-order valence-electron chi connectivity index (χ3n) is 3.19. The van der Waals surface area contributed by atoms with E-state index in [2.05, 4.69) is 61.7 Å². The van der Waals surface area contributed by atoms with Crippen molar-refractivity contribution in [2.24, 2.45) is 5.92 Å². The molecule has 0 aromatic heterocycles. The van der Waals surface area contributed by atoms with Crippen LogP contribution in [0.5, 0.6) is 0 Å². The van der Waals surface area contributed by atoms with E-state index < -0.39 is 0 Å². The Labute approximate surface area is 104 Å². The third kappa shape index (κ3) is 3.31. The second-order valence-corrected chi connectivity index (χ2v) is 5.16. The van der Waals surface area contributed by atoms with E-state index in [9.17, 15) is 0 Å². The van der Waals surface area contributed by atoms with Crippen molar-refractivity contribution < 1.29 is 0 Å². The minimum Gasteiger partial charge on any atom is -0.294 e. The van der Waals surface area contributed by atoms with E-state index in [-0.39, 0.29) is 0 Å². The van der Waals surface area contributed by atoms with Crippen LogP contribution in [0.3, 0.4) is 0 Å². The van der Waals surface area contributed by atoms with Gasteiger partial charge in [0.15, 0.2) is 0 Å². The summed E-state index contributed by atoms with van der Waals surface area (Å²) in [7, 11) is 0. The topological polar surface area (TPSA) is 3.24 Å². The second-order valence-electron chi connectivity index (χ2n) is 5.16. The number of hydrogen-bond acceptors (Lipinski definition) is 1. The molecule has 0 saturated carbocycles. The van der Waals surface area contributed by atoms with Crippen molar-refractivity contribution >= 4 is 0 Å². The zero-order valence-corrected chi connectivity index (χ0v) is 10.8. The number of hydrogen-bond donors (Lipinski definition) is 0. The first-order valence-electron chi connectivity index (χ1n) is 6.24. The summed E-state index contributed by atoms with van der Waals surface area (Å²) in [5, 5.41) is 0. The number of likely N-dealkylation sites (tertiary alicyclic amines) is 1. The first kappa shape index (κ1) is 12.1. The third-order valence-corrected chi connectivity index (χ3v) is 3.19. The molecule has 1 aromatic carbocycles. The van der Waals surface area contributed by atoms with Gasteiger partial charge < -0.3 is 0 Å². The molecule has 1 heterocycles. The summed E-state index contributed by atoms with van der Waals surface area (Å²) in [6, 6.07) is 10.7. The molecule has 0 aliphatic carbocycles. The first-order chi connectivity index (χ1) is 8.15. The second kappa shape index (κ2) is 5.33. The van der Waals surface area contributed by atoms with Gasteiger partial charge in [0.25, 0.3) is 0 Å². The number of rotatable bonds is 3. The van der Waals surface area contributed by atoms with Gasteiger partial charge in [-0.25, -0.2) is 0 Å². The highest BCUT2D eigenvalue weighted by Gasteiger charge is 2.23. The molecule has 1 unspecified atom stereocenters. The zero-order chi connectivity index (χ0) is 12.3. The minimum atomic E-state index is 0.545. The fourth-order valence-electron chi connectivity index (χ4n) is 2.41. The van der Waals surface area contributed by atoms with E-state index in [1.165, 1.54) is 16.7 Å². The summed E-state index contributed by atoms with van der Waals surface area (Å²) in [6.45, 7) is 11.7. The summed E-state index contributed by atoms with van der Waals surface area (Å²) in [6.07, 6.45) is 2.34. The number of nitrogens with zero attached hydrogens (tertiary/aromatic N) is 1. The molecule has 1 atom stereocenters. The maximum absolute atomic E-state index is 4.19. The van der Waals surface area contributed by atoms with E-state index in [0.717, 1.165) is 19.6 Å². The molecule has 1 aliphatic heterocycles. The normalized spacial score (nSPS) is 20.6. The molecule has 0 spiro atoms. The van der Waals surface area contributed by atoms with Crippen LogP contribution in [0.2, 0.25) is 0 Å². The molecule has 1 aromatic rings. The maximum Gasteiger partial charge on any atom is 0.0237 e. The average molecular weight is 227 g/mol. The molecule has 1 heteroatoms. The lowest BCUT2D eigenvalue weighted by molar-refractivity contribution is 0.327. The van der Waals surface area contributed by atoms with Gasteiger partial charge in [-0.05, 0) is 19.4 Å². The van der Waals surface area contributed by atoms with E-state index in [0.29, 0.717) is 5.92 Å². The van der Waals surface area contributed by atoms with Gasteiger partial charge in [-0.15, -0.1) is 0 Å². The summed E-state index contributed by atoms with van der Waals surface area (Å²) >= 11 is 0. The van der Waals surface area contributed by atoms with Gasteiger partial charge in [0, 0.05) is 25.6 Å². The molecule has 1 aliphatic rings. The molecule has 90 valence electrons. The van der Waals surface area contributed by atoms with Crippen LogP contribution >= 0.6 is 0 Å². The minimum absolute atomic E-state index is 0.545. The van der Waals surface area contributed by atoms with Crippen molar-refractivity contribution in [3.63, 3.8) is 0 Å². The standard InChI is InChI=1S/C16H21N/c1-13(2)9-16-12-17(10-14(16)3)11-15-7-5-4-6-8-15/h4-9,16H,3,10-12H2,1-2H3. The Balaban J connectivity index is 1.98. The molecule has 1 fully saturated rings. The first-order valence-corrected chi connectivity index (χ1v) is 6.24. The van der Waals surface area contributed by atoms with Crippen LogP contribution in [-0.2, 0) is 6.54 Å². The van der Waals surface area contributed by atoms with Crippen molar-refractivity contribution in [2.75, 3.05) is 13.1 Å². The average Bonchev–Trinajstić information content (AvgIpc) is 2.59. The van der Waals surface area contributed by atoms with Gasteiger partial charge in [-0.1, -0.05) is 54.1 Å². The van der Waals surface area contributed by atoms with Crippen molar-refractivity contribution in [1.29, 1.82) is 0 Å². The lowest BCUT2D eigenvalue weighted by Gasteiger charge is -2.14. The van der Waals surface area contributed by atoms with E-state index in [1.807, 2.05) is 0 Å². The Hall–Kier alpha value is -1.34. The lowest BCUT2D eigenvalue weighted by Crippen LogP contribution is -2.19. The Morgan fingerprint density at radius 3 is 2.71 bits per heavy atom. The quantitative estimate of drug-likeness (QED) is 0.713. The van der Waals surface area contributed by atoms with Crippen molar-refractivity contribution in [3.8, 4) is 0 Å². The molecule has 1 nitrogen and oxygen atoms in total. The van der Waals surface area contributed by atoms with Crippen LogP contribution in [0.25, 0.3) is 0 Å². The van der Waals surface area contributed by atoms with E-state index >= 15 is 0 Å². The van der Waals surface area contributed by atoms with Crippen LogP contribution in [0.1, 0.15) is 19.4 Å². The van der Waals surface area contributed by atoms with Crippen LogP contribution < -0.4 is 0 Å². The molecule has 0 N–H and O–H groups in total. The number of benzene rings is 1. The SMILES string of the molecule is C=C1CN(Cc2ccccc2)CC1C=C(C)C. The Morgan fingerprint density at radius 2 is 2.06 bits per heavy atom. The van der Waals surface area contributed by atoms with Gasteiger partial charge in [0.1, 0.15) is 0 Å². The maximum atomic E-state index is 4.19. The van der Waals surface area contributed by atoms with Crippen LogP contribution in [-0.4, -0.2) is 18.0 Å². The van der Waals surface area contributed by atoms with Gasteiger partial charge in [0.2, 0.25) is 0 Å². The van der Waals surface area contributed by atoms with E-state index in [1.54, 1.807) is 0 Å². The molecule has 0 radical (unpaired) electrons. The van der Waals surface area contributed by atoms with Crippen LogP contribution in [0.4, 0.5) is 0 Å². The summed E-state index contributed by atoms with van der Waals surface area (Å²) in [4.78, 5) is 2.47. The molecule has 2 rings (SSSR count). The zero-order valence-electron chi connectivity index (χ0n) is 10.8. The molecule has 17 heavy (non-hydrogen) atoms. The fraction of sp³-hybridized carbons (Fsp3) is 0.375. The van der Waals surface area contributed by atoms with Gasteiger partial charge in [0.05, 0.1) is 0 Å². The highest BCUT2D eigenvalue weighted by atomic mass is 15.1. The van der Waals surface area contributed by atoms with Gasteiger partial charge >= 0.3 is 0 Å². The van der Waals surface area contributed by atoms with Gasteiger partial charge in [-0.3, -0.25) is 4.90 Å². The Bertz CT molecular complexity index is 412. The predicted molar refractivity (Wildman–Crippen MR) is 73.8 cm³/mol. The largest absolute Gasteiger partial charge is 0.294 e. The number of allylic oxidation sites excluding steroid dienone is 1. The van der Waals surface area contributed by atoms with Crippen LogP contribution in [0, 0.1) is 5.92 Å². The van der Waals surface area contributed by atoms with Crippen molar-refractivity contribution in [3.05, 3.63) is 59.7 Å². The summed E-state index contributed by atoms with van der Waals surface area (Å²) in [5.41, 5.74) is 4.12. The highest BCUT2D eigenvalue weighted by molar-refractivity contribution is 5.21. The molecular formula is C16H21N. The molecule has 0 amide bonds. The molecular weight excluding hydrogens is 206 g/mol. The van der Waals surface area contributed by atoms with E-state index in [4.69, 9.17) is 0 Å². The van der Waals surface area contributed by atoms with Gasteiger partial charge in [-0.2, -0.15) is 0 Å². The molecule has 1 saturated heterocycles. The summed E-state index contributed by atoms with van der Waals surface area (Å²) < 4.78 is 0. The highest BCUT2D eigenvalue weighted by Crippen LogP contribution is 2.24. The Kier molecular flexibility index (Phi) is 3.80. The monoisotopic (exact) mass is 227 g/mol. The summed E-state index contributed by atoms with van der Waals surface area (Å²) in [5.74, 6) is 0.545. The molecule has 0 bridgehead atoms. The van der Waals surface area contributed by atoms with Crippen molar-refractivity contribution in [2.45, 2.75) is 20.4 Å². The predicted octanol–water partition coefficient (Wildman–Crippen LogP) is 3.64. The van der Waals surface area contributed by atoms with Crippen molar-refractivity contribution in [1.82, 2.24) is 4.90 Å². The fourth-order valence-corrected chi connectivity index (χ4v) is 2.41.